The molecule has 5 nitrogen and oxygen atoms in total. The molecule has 0 bridgehead atoms. The van der Waals surface area contributed by atoms with Crippen LogP contribution in [0.2, 0.25) is 0 Å². The van der Waals surface area contributed by atoms with Gasteiger partial charge in [-0.1, -0.05) is 13.8 Å². The number of hydrogen-bond donors (Lipinski definition) is 1. The van der Waals surface area contributed by atoms with Gasteiger partial charge in [0.1, 0.15) is 11.6 Å². The van der Waals surface area contributed by atoms with Gasteiger partial charge >= 0.3 is 0 Å². The van der Waals surface area contributed by atoms with Crippen molar-refractivity contribution in [2.75, 3.05) is 4.72 Å². The van der Waals surface area contributed by atoms with Gasteiger partial charge in [0.25, 0.3) is 10.0 Å². The molecule has 2 aromatic rings. The third-order valence-corrected chi connectivity index (χ3v) is 4.43. The lowest BCUT2D eigenvalue weighted by molar-refractivity contribution is 0.599. The molecule has 1 aromatic heterocycles. The smallest absolute Gasteiger partial charge is 0.253 e. The van der Waals surface area contributed by atoms with Crippen molar-refractivity contribution in [3.05, 3.63) is 35.9 Å². The number of benzene rings is 1. The maximum atomic E-state index is 12.8. The molecule has 0 aliphatic carbocycles. The molecule has 0 aliphatic rings. The van der Waals surface area contributed by atoms with Gasteiger partial charge in [-0.2, -0.15) is 4.37 Å². The highest BCUT2D eigenvalue weighted by molar-refractivity contribution is 7.93. The summed E-state index contributed by atoms with van der Waals surface area (Å²) in [4.78, 5) is 4.06. The van der Waals surface area contributed by atoms with Crippen molar-refractivity contribution in [2.45, 2.75) is 24.7 Å². The summed E-state index contributed by atoms with van der Waals surface area (Å²) in [5, 5.41) is 0.202. The second-order valence-corrected chi connectivity index (χ2v) is 6.61. The standard InChI is InChI=1S/C11H12FN3O2S2/c1-7(2)10-13-11(18-14-10)15-19(16,17)9-5-3-8(12)4-6-9/h3-7H,1-2H3,(H,13,14,15). The molecular formula is C11H12FN3O2S2. The summed E-state index contributed by atoms with van der Waals surface area (Å²) in [6, 6.07) is 4.58. The van der Waals surface area contributed by atoms with E-state index in [0.29, 0.717) is 5.82 Å². The van der Waals surface area contributed by atoms with E-state index in [1.54, 1.807) is 0 Å². The Bertz CT molecular complexity index is 666. The Hall–Kier alpha value is -1.54. The van der Waals surface area contributed by atoms with E-state index in [0.717, 1.165) is 23.7 Å². The van der Waals surface area contributed by atoms with Crippen molar-refractivity contribution < 1.29 is 12.8 Å². The number of halogens is 1. The molecular weight excluding hydrogens is 289 g/mol. The molecule has 102 valence electrons. The molecule has 0 aliphatic heterocycles. The zero-order valence-electron chi connectivity index (χ0n) is 10.3. The quantitative estimate of drug-likeness (QED) is 0.942. The molecule has 8 heteroatoms. The van der Waals surface area contributed by atoms with Gasteiger partial charge in [-0.15, -0.1) is 0 Å². The number of sulfonamides is 1. The van der Waals surface area contributed by atoms with Crippen molar-refractivity contribution in [2.24, 2.45) is 0 Å². The van der Waals surface area contributed by atoms with Crippen molar-refractivity contribution >= 4 is 26.7 Å². The molecule has 2 rings (SSSR count). The normalized spacial score (nSPS) is 11.8. The topological polar surface area (TPSA) is 72.0 Å². The minimum absolute atomic E-state index is 0.0183. The first-order valence-corrected chi connectivity index (χ1v) is 7.76. The second kappa shape index (κ2) is 5.22. The Morgan fingerprint density at radius 2 is 1.89 bits per heavy atom. The fourth-order valence-corrected chi connectivity index (χ4v) is 3.23. The van der Waals surface area contributed by atoms with Crippen molar-refractivity contribution in [3.8, 4) is 0 Å². The summed E-state index contributed by atoms with van der Waals surface area (Å²) in [5.74, 6) is 0.221. The Labute approximate surface area is 114 Å². The molecule has 0 saturated carbocycles. The molecule has 0 unspecified atom stereocenters. The lowest BCUT2D eigenvalue weighted by Gasteiger charge is -2.04. The van der Waals surface area contributed by atoms with Gasteiger partial charge in [0.15, 0.2) is 0 Å². The number of rotatable bonds is 4. The van der Waals surface area contributed by atoms with Crippen LogP contribution in [0.15, 0.2) is 29.2 Å². The van der Waals surface area contributed by atoms with E-state index < -0.39 is 15.8 Å². The van der Waals surface area contributed by atoms with E-state index in [1.165, 1.54) is 12.1 Å². The number of nitrogens with zero attached hydrogens (tertiary/aromatic N) is 2. The average molecular weight is 301 g/mol. The van der Waals surface area contributed by atoms with E-state index in [9.17, 15) is 12.8 Å². The predicted molar refractivity (Wildman–Crippen MR) is 71.2 cm³/mol. The molecule has 1 aromatic carbocycles. The van der Waals surface area contributed by atoms with Crippen LogP contribution in [0.25, 0.3) is 0 Å². The molecule has 0 spiro atoms. The number of aromatic nitrogens is 2. The minimum Gasteiger partial charge on any atom is -0.253 e. The number of anilines is 1. The van der Waals surface area contributed by atoms with Crippen molar-refractivity contribution in [1.82, 2.24) is 9.36 Å². The Kier molecular flexibility index (Phi) is 3.81. The summed E-state index contributed by atoms with van der Waals surface area (Å²) in [5.41, 5.74) is 0. The molecule has 1 N–H and O–H groups in total. The molecule has 0 amide bonds. The summed E-state index contributed by atoms with van der Waals surface area (Å²) in [6.45, 7) is 3.83. The molecule has 0 saturated heterocycles. The van der Waals surface area contributed by atoms with Gasteiger partial charge in [-0.05, 0) is 24.3 Å². The van der Waals surface area contributed by atoms with Crippen molar-refractivity contribution in [3.63, 3.8) is 0 Å². The largest absolute Gasteiger partial charge is 0.263 e. The zero-order chi connectivity index (χ0) is 14.0. The van der Waals surface area contributed by atoms with Crippen molar-refractivity contribution in [1.29, 1.82) is 0 Å². The van der Waals surface area contributed by atoms with E-state index in [-0.39, 0.29) is 15.9 Å². The van der Waals surface area contributed by atoms with Crippen LogP contribution in [0.4, 0.5) is 9.52 Å². The summed E-state index contributed by atoms with van der Waals surface area (Å²) in [6.07, 6.45) is 0. The first kappa shape index (κ1) is 13.9. The molecule has 0 radical (unpaired) electrons. The first-order chi connectivity index (χ1) is 8.88. The first-order valence-electron chi connectivity index (χ1n) is 5.50. The van der Waals surface area contributed by atoms with Crippen LogP contribution in [0.1, 0.15) is 25.6 Å². The fraction of sp³-hybridized carbons (Fsp3) is 0.273. The monoisotopic (exact) mass is 301 g/mol. The van der Waals surface area contributed by atoms with Gasteiger partial charge in [0.05, 0.1) is 4.90 Å². The zero-order valence-corrected chi connectivity index (χ0v) is 11.9. The molecule has 1 heterocycles. The summed E-state index contributed by atoms with van der Waals surface area (Å²) in [7, 11) is -3.75. The van der Waals surface area contributed by atoms with E-state index in [2.05, 4.69) is 14.1 Å². The third kappa shape index (κ3) is 3.27. The Morgan fingerprint density at radius 3 is 2.42 bits per heavy atom. The van der Waals surface area contributed by atoms with Crippen LogP contribution < -0.4 is 4.72 Å². The summed E-state index contributed by atoms with van der Waals surface area (Å²) >= 11 is 0.977. The van der Waals surface area contributed by atoms with Gasteiger partial charge < -0.3 is 0 Å². The van der Waals surface area contributed by atoms with Crippen LogP contribution in [0, 0.1) is 5.82 Å². The Balaban J connectivity index is 2.23. The highest BCUT2D eigenvalue weighted by Gasteiger charge is 2.17. The second-order valence-electron chi connectivity index (χ2n) is 4.17. The molecule has 0 fully saturated rings. The van der Waals surface area contributed by atoms with Gasteiger partial charge in [-0.25, -0.2) is 17.8 Å². The molecule has 0 atom stereocenters. The minimum atomic E-state index is -3.75. The lowest BCUT2D eigenvalue weighted by Crippen LogP contribution is -2.12. The van der Waals surface area contributed by atoms with E-state index >= 15 is 0 Å². The lowest BCUT2D eigenvalue weighted by atomic mass is 10.2. The van der Waals surface area contributed by atoms with E-state index in [4.69, 9.17) is 0 Å². The maximum Gasteiger partial charge on any atom is 0.263 e. The maximum absolute atomic E-state index is 12.8. The van der Waals surface area contributed by atoms with Gasteiger partial charge in [0.2, 0.25) is 5.13 Å². The van der Waals surface area contributed by atoms with E-state index in [1.807, 2.05) is 13.8 Å². The summed E-state index contributed by atoms with van der Waals surface area (Å²) < 4.78 is 43.1. The third-order valence-electron chi connectivity index (χ3n) is 2.30. The predicted octanol–water partition coefficient (Wildman–Crippen LogP) is 2.60. The van der Waals surface area contributed by atoms with Gasteiger partial charge in [-0.3, -0.25) is 4.72 Å². The van der Waals surface area contributed by atoms with Crippen LogP contribution >= 0.6 is 11.5 Å². The van der Waals surface area contributed by atoms with Crippen LogP contribution in [0.5, 0.6) is 0 Å². The SMILES string of the molecule is CC(C)c1nsc(NS(=O)(=O)c2ccc(F)cc2)n1. The fourth-order valence-electron chi connectivity index (χ4n) is 1.30. The average Bonchev–Trinajstić information content (AvgIpc) is 2.77. The highest BCUT2D eigenvalue weighted by atomic mass is 32.2. The Morgan fingerprint density at radius 1 is 1.26 bits per heavy atom. The number of hydrogen-bond acceptors (Lipinski definition) is 5. The van der Waals surface area contributed by atoms with Crippen LogP contribution in [-0.4, -0.2) is 17.8 Å². The molecule has 19 heavy (non-hydrogen) atoms. The van der Waals surface area contributed by atoms with Crippen LogP contribution in [-0.2, 0) is 10.0 Å². The highest BCUT2D eigenvalue weighted by Crippen LogP contribution is 2.20. The number of nitrogens with one attached hydrogen (secondary N) is 1. The van der Waals surface area contributed by atoms with Gasteiger partial charge in [0, 0.05) is 17.5 Å². The van der Waals surface area contributed by atoms with Crippen LogP contribution in [0.3, 0.4) is 0 Å².